The molecule has 1 aliphatic rings. The van der Waals surface area contributed by atoms with Crippen molar-refractivity contribution in [2.45, 2.75) is 52.1 Å². The summed E-state index contributed by atoms with van der Waals surface area (Å²) in [6, 6.07) is 5.53. The number of halogens is 2. The molecule has 1 aromatic carbocycles. The molecule has 2 atom stereocenters. The molecule has 0 aromatic heterocycles. The van der Waals surface area contributed by atoms with Crippen LogP contribution < -0.4 is 16.0 Å². The van der Waals surface area contributed by atoms with Gasteiger partial charge < -0.3 is 16.0 Å². The summed E-state index contributed by atoms with van der Waals surface area (Å²) < 4.78 is 0. The standard InChI is InChI=1S/C18H26ClN3O2.ClH/c1-11(2)8-17(23)21-13-4-5-16(19)15(10-13)18(24)22-14-6-7-20-12(3)9-14;/h4-5,10-12,14,20H,6-9H2,1-3H3,(H,21,23)(H,22,24);1H. The number of hydrogen-bond acceptors (Lipinski definition) is 3. The van der Waals surface area contributed by atoms with Crippen LogP contribution in [0.15, 0.2) is 18.2 Å². The molecule has 7 heteroatoms. The summed E-state index contributed by atoms with van der Waals surface area (Å²) in [4.78, 5) is 24.4. The van der Waals surface area contributed by atoms with Gasteiger partial charge in [0.2, 0.25) is 5.91 Å². The molecule has 1 fully saturated rings. The zero-order chi connectivity index (χ0) is 17.7. The molecule has 0 aliphatic carbocycles. The summed E-state index contributed by atoms with van der Waals surface area (Å²) >= 11 is 6.17. The van der Waals surface area contributed by atoms with Crippen LogP contribution >= 0.6 is 24.0 Å². The lowest BCUT2D eigenvalue weighted by atomic mass is 10.00. The lowest BCUT2D eigenvalue weighted by molar-refractivity contribution is -0.116. The third-order valence-electron chi connectivity index (χ3n) is 4.05. The van der Waals surface area contributed by atoms with Crippen molar-refractivity contribution in [2.24, 2.45) is 5.92 Å². The zero-order valence-electron chi connectivity index (χ0n) is 14.9. The summed E-state index contributed by atoms with van der Waals surface area (Å²) in [6.45, 7) is 6.97. The maximum Gasteiger partial charge on any atom is 0.253 e. The van der Waals surface area contributed by atoms with Crippen LogP contribution in [0.5, 0.6) is 0 Å². The second-order valence-corrected chi connectivity index (χ2v) is 7.30. The van der Waals surface area contributed by atoms with Gasteiger partial charge >= 0.3 is 0 Å². The van der Waals surface area contributed by atoms with E-state index < -0.39 is 0 Å². The van der Waals surface area contributed by atoms with Crippen LogP contribution in [0.3, 0.4) is 0 Å². The largest absolute Gasteiger partial charge is 0.349 e. The summed E-state index contributed by atoms with van der Waals surface area (Å²) in [7, 11) is 0. The van der Waals surface area contributed by atoms with E-state index >= 15 is 0 Å². The molecule has 2 rings (SSSR count). The quantitative estimate of drug-likeness (QED) is 0.722. The summed E-state index contributed by atoms with van der Waals surface area (Å²) in [5, 5.41) is 9.61. The smallest absolute Gasteiger partial charge is 0.253 e. The van der Waals surface area contributed by atoms with Gasteiger partial charge in [0.25, 0.3) is 5.91 Å². The predicted octanol–water partition coefficient (Wildman–Crippen LogP) is 3.62. The van der Waals surface area contributed by atoms with Crippen molar-refractivity contribution in [3.63, 3.8) is 0 Å². The molecule has 1 heterocycles. The van der Waals surface area contributed by atoms with Crippen LogP contribution in [0.25, 0.3) is 0 Å². The number of amides is 2. The van der Waals surface area contributed by atoms with Crippen molar-refractivity contribution in [2.75, 3.05) is 11.9 Å². The average Bonchev–Trinajstić information content (AvgIpc) is 2.48. The molecule has 0 saturated carbocycles. The minimum Gasteiger partial charge on any atom is -0.349 e. The molecule has 3 N–H and O–H groups in total. The Morgan fingerprint density at radius 3 is 2.72 bits per heavy atom. The second kappa shape index (κ2) is 10.00. The Balaban J connectivity index is 0.00000312. The number of piperidine rings is 1. The molecular weight excluding hydrogens is 361 g/mol. The molecule has 25 heavy (non-hydrogen) atoms. The van der Waals surface area contributed by atoms with Gasteiger partial charge in [-0.05, 0) is 50.4 Å². The maximum atomic E-state index is 12.5. The number of hydrogen-bond donors (Lipinski definition) is 3. The van der Waals surface area contributed by atoms with Crippen LogP contribution in [-0.2, 0) is 4.79 Å². The molecule has 2 amide bonds. The SMILES string of the molecule is CC(C)CC(=O)Nc1ccc(Cl)c(C(=O)NC2CCNC(C)C2)c1.Cl. The van der Waals surface area contributed by atoms with E-state index in [4.69, 9.17) is 11.6 Å². The van der Waals surface area contributed by atoms with Crippen LogP contribution in [0.2, 0.25) is 5.02 Å². The molecule has 2 unspecified atom stereocenters. The molecule has 0 radical (unpaired) electrons. The van der Waals surface area contributed by atoms with Crippen LogP contribution in [0.4, 0.5) is 5.69 Å². The predicted molar refractivity (Wildman–Crippen MR) is 105 cm³/mol. The molecular formula is C18H27Cl2N3O2. The first-order valence-electron chi connectivity index (χ1n) is 8.48. The number of nitrogens with one attached hydrogen (secondary N) is 3. The van der Waals surface area contributed by atoms with E-state index in [0.29, 0.717) is 28.7 Å². The van der Waals surface area contributed by atoms with Crippen molar-refractivity contribution >= 4 is 41.5 Å². The fourth-order valence-electron chi connectivity index (χ4n) is 2.89. The van der Waals surface area contributed by atoms with Crippen LogP contribution in [0, 0.1) is 5.92 Å². The van der Waals surface area contributed by atoms with E-state index in [1.54, 1.807) is 18.2 Å². The van der Waals surface area contributed by atoms with Gasteiger partial charge in [-0.15, -0.1) is 12.4 Å². The summed E-state index contributed by atoms with van der Waals surface area (Å²) in [5.74, 6) is 0.0203. The van der Waals surface area contributed by atoms with Gasteiger partial charge in [0.1, 0.15) is 0 Å². The van der Waals surface area contributed by atoms with Crippen molar-refractivity contribution in [1.29, 1.82) is 0 Å². The summed E-state index contributed by atoms with van der Waals surface area (Å²) in [5.41, 5.74) is 0.985. The Morgan fingerprint density at radius 2 is 2.08 bits per heavy atom. The molecule has 0 bridgehead atoms. The Kier molecular flexibility index (Phi) is 8.69. The highest BCUT2D eigenvalue weighted by molar-refractivity contribution is 6.34. The van der Waals surface area contributed by atoms with Gasteiger partial charge in [0, 0.05) is 24.2 Å². The highest BCUT2D eigenvalue weighted by Gasteiger charge is 2.21. The molecule has 140 valence electrons. The first-order valence-corrected chi connectivity index (χ1v) is 8.86. The molecule has 0 spiro atoms. The van der Waals surface area contributed by atoms with Gasteiger partial charge in [-0.2, -0.15) is 0 Å². The van der Waals surface area contributed by atoms with Gasteiger partial charge in [-0.25, -0.2) is 0 Å². The Hall–Kier alpha value is -1.30. The van der Waals surface area contributed by atoms with E-state index in [-0.39, 0.29) is 36.2 Å². The minimum absolute atomic E-state index is 0. The Morgan fingerprint density at radius 1 is 1.36 bits per heavy atom. The first kappa shape index (κ1) is 21.7. The maximum absolute atomic E-state index is 12.5. The molecule has 1 saturated heterocycles. The molecule has 5 nitrogen and oxygen atoms in total. The van der Waals surface area contributed by atoms with Crippen molar-refractivity contribution in [1.82, 2.24) is 10.6 Å². The highest BCUT2D eigenvalue weighted by atomic mass is 35.5. The molecule has 1 aliphatic heterocycles. The number of benzene rings is 1. The number of carbonyl (C=O) groups is 2. The monoisotopic (exact) mass is 387 g/mol. The Bertz CT molecular complexity index is 608. The van der Waals surface area contributed by atoms with E-state index in [2.05, 4.69) is 22.9 Å². The number of rotatable bonds is 5. The third-order valence-corrected chi connectivity index (χ3v) is 4.38. The van der Waals surface area contributed by atoms with Crippen molar-refractivity contribution < 1.29 is 9.59 Å². The fourth-order valence-corrected chi connectivity index (χ4v) is 3.09. The van der Waals surface area contributed by atoms with E-state index in [9.17, 15) is 9.59 Å². The summed E-state index contributed by atoms with van der Waals surface area (Å²) in [6.07, 6.45) is 2.24. The van der Waals surface area contributed by atoms with E-state index in [1.807, 2.05) is 13.8 Å². The van der Waals surface area contributed by atoms with Gasteiger partial charge in [-0.3, -0.25) is 9.59 Å². The van der Waals surface area contributed by atoms with Crippen molar-refractivity contribution in [3.8, 4) is 0 Å². The van der Waals surface area contributed by atoms with Crippen molar-refractivity contribution in [3.05, 3.63) is 28.8 Å². The average molecular weight is 388 g/mol. The number of anilines is 1. The topological polar surface area (TPSA) is 70.2 Å². The van der Waals surface area contributed by atoms with Gasteiger partial charge in [0.15, 0.2) is 0 Å². The van der Waals surface area contributed by atoms with Crippen LogP contribution in [-0.4, -0.2) is 30.4 Å². The zero-order valence-corrected chi connectivity index (χ0v) is 16.5. The lowest BCUT2D eigenvalue weighted by Gasteiger charge is -2.28. The number of carbonyl (C=O) groups excluding carboxylic acids is 2. The lowest BCUT2D eigenvalue weighted by Crippen LogP contribution is -2.46. The minimum atomic E-state index is -0.195. The van der Waals surface area contributed by atoms with Gasteiger partial charge in [0.05, 0.1) is 10.6 Å². The normalized spacial score (nSPS) is 19.9. The van der Waals surface area contributed by atoms with E-state index in [1.165, 1.54) is 0 Å². The Labute approximate surface area is 160 Å². The molecule has 1 aromatic rings. The second-order valence-electron chi connectivity index (χ2n) is 6.89. The van der Waals surface area contributed by atoms with E-state index in [0.717, 1.165) is 19.4 Å². The third kappa shape index (κ3) is 6.84. The van der Waals surface area contributed by atoms with Crippen LogP contribution in [0.1, 0.15) is 50.4 Å². The van der Waals surface area contributed by atoms with Gasteiger partial charge in [-0.1, -0.05) is 25.4 Å². The fraction of sp³-hybridized carbons (Fsp3) is 0.556. The highest BCUT2D eigenvalue weighted by Crippen LogP contribution is 2.22. The first-order chi connectivity index (χ1) is 11.3.